The zero-order valence-electron chi connectivity index (χ0n) is 7.31. The number of nitrogens with zero attached hydrogens (tertiary/aromatic N) is 1. The van der Waals surface area contributed by atoms with Crippen LogP contribution in [0.1, 0.15) is 20.8 Å². The van der Waals surface area contributed by atoms with Crippen molar-refractivity contribution in [2.75, 3.05) is 6.54 Å². The second-order valence-electron chi connectivity index (χ2n) is 2.68. The maximum atomic E-state index is 7.04. The SMILES string of the molecule is CC(=N)/C=N\CC(N)=C(C)C. The van der Waals surface area contributed by atoms with E-state index in [-0.39, 0.29) is 0 Å². The van der Waals surface area contributed by atoms with Gasteiger partial charge in [-0.3, -0.25) is 4.99 Å². The molecule has 0 heterocycles. The molecule has 0 spiro atoms. The molecule has 62 valence electrons. The standard InChI is InChI=1S/C8H15N3/c1-6(2)8(10)5-11-4-7(3)9/h4,9H,5,10H2,1-3H3/b9-7?,11-4-. The molecule has 3 N–H and O–H groups in total. The van der Waals surface area contributed by atoms with Gasteiger partial charge >= 0.3 is 0 Å². The van der Waals surface area contributed by atoms with Crippen LogP contribution >= 0.6 is 0 Å². The van der Waals surface area contributed by atoms with Gasteiger partial charge in [0.05, 0.1) is 6.54 Å². The fraction of sp³-hybridized carbons (Fsp3) is 0.500. The molecule has 0 unspecified atom stereocenters. The largest absolute Gasteiger partial charge is 0.401 e. The van der Waals surface area contributed by atoms with Crippen molar-refractivity contribution in [3.63, 3.8) is 0 Å². The highest BCUT2D eigenvalue weighted by molar-refractivity contribution is 6.27. The fourth-order valence-corrected chi connectivity index (χ4v) is 0.439. The van der Waals surface area contributed by atoms with Gasteiger partial charge in [-0.15, -0.1) is 0 Å². The lowest BCUT2D eigenvalue weighted by Gasteiger charge is -1.97. The van der Waals surface area contributed by atoms with Crippen molar-refractivity contribution < 1.29 is 0 Å². The predicted octanol–water partition coefficient (Wildman–Crippen LogP) is 1.35. The minimum absolute atomic E-state index is 0.451. The summed E-state index contributed by atoms with van der Waals surface area (Å²) in [5, 5.41) is 7.04. The van der Waals surface area contributed by atoms with Gasteiger partial charge in [0.25, 0.3) is 0 Å². The Balaban J connectivity index is 3.90. The Morgan fingerprint density at radius 1 is 1.45 bits per heavy atom. The van der Waals surface area contributed by atoms with Gasteiger partial charge in [-0.05, 0) is 20.8 Å². The third-order valence-corrected chi connectivity index (χ3v) is 1.19. The van der Waals surface area contributed by atoms with Crippen LogP contribution in [-0.4, -0.2) is 18.5 Å². The van der Waals surface area contributed by atoms with Gasteiger partial charge in [-0.25, -0.2) is 0 Å². The molecular weight excluding hydrogens is 138 g/mol. The zero-order valence-corrected chi connectivity index (χ0v) is 7.31. The highest BCUT2D eigenvalue weighted by Crippen LogP contribution is 1.94. The third-order valence-electron chi connectivity index (χ3n) is 1.19. The van der Waals surface area contributed by atoms with Crippen molar-refractivity contribution in [1.82, 2.24) is 0 Å². The molecule has 0 saturated heterocycles. The van der Waals surface area contributed by atoms with E-state index < -0.39 is 0 Å². The van der Waals surface area contributed by atoms with E-state index in [0.29, 0.717) is 12.3 Å². The molecule has 0 atom stereocenters. The Morgan fingerprint density at radius 3 is 2.36 bits per heavy atom. The molecular formula is C8H15N3. The van der Waals surface area contributed by atoms with E-state index in [0.717, 1.165) is 11.3 Å². The van der Waals surface area contributed by atoms with Gasteiger partial charge < -0.3 is 11.1 Å². The lowest BCUT2D eigenvalue weighted by atomic mass is 10.3. The van der Waals surface area contributed by atoms with Crippen molar-refractivity contribution in [2.24, 2.45) is 10.7 Å². The molecule has 11 heavy (non-hydrogen) atoms. The number of hydrogen-bond donors (Lipinski definition) is 2. The molecule has 0 fully saturated rings. The highest BCUT2D eigenvalue weighted by atomic mass is 14.8. The first-order valence-corrected chi connectivity index (χ1v) is 3.51. The first-order chi connectivity index (χ1) is 5.04. The number of allylic oxidation sites excluding steroid dienone is 1. The monoisotopic (exact) mass is 153 g/mol. The predicted molar refractivity (Wildman–Crippen MR) is 49.3 cm³/mol. The summed E-state index contributed by atoms with van der Waals surface area (Å²) in [4.78, 5) is 3.96. The average molecular weight is 153 g/mol. The molecule has 0 aliphatic heterocycles. The quantitative estimate of drug-likeness (QED) is 0.591. The van der Waals surface area contributed by atoms with Crippen molar-refractivity contribution >= 4 is 11.9 Å². The molecule has 0 saturated carbocycles. The van der Waals surface area contributed by atoms with Gasteiger partial charge in [-0.1, -0.05) is 5.57 Å². The summed E-state index contributed by atoms with van der Waals surface area (Å²) in [6.45, 7) is 6.07. The first kappa shape index (κ1) is 9.88. The lowest BCUT2D eigenvalue weighted by molar-refractivity contribution is 1.06. The summed E-state index contributed by atoms with van der Waals surface area (Å²) < 4.78 is 0. The van der Waals surface area contributed by atoms with Crippen LogP contribution in [0.3, 0.4) is 0 Å². The summed E-state index contributed by atoms with van der Waals surface area (Å²) >= 11 is 0. The lowest BCUT2D eigenvalue weighted by Crippen LogP contribution is -2.04. The van der Waals surface area contributed by atoms with E-state index in [1.54, 1.807) is 6.92 Å². The van der Waals surface area contributed by atoms with Crippen LogP contribution in [0, 0.1) is 5.41 Å². The Bertz CT molecular complexity index is 197. The molecule has 0 aromatic rings. The second kappa shape index (κ2) is 4.66. The summed E-state index contributed by atoms with van der Waals surface area (Å²) in [6, 6.07) is 0. The summed E-state index contributed by atoms with van der Waals surface area (Å²) in [5.74, 6) is 0. The van der Waals surface area contributed by atoms with Gasteiger partial charge in [0.2, 0.25) is 0 Å². The van der Waals surface area contributed by atoms with Crippen molar-refractivity contribution in [1.29, 1.82) is 5.41 Å². The van der Waals surface area contributed by atoms with Crippen LogP contribution in [0.4, 0.5) is 0 Å². The van der Waals surface area contributed by atoms with E-state index in [1.807, 2.05) is 13.8 Å². The second-order valence-corrected chi connectivity index (χ2v) is 2.68. The van der Waals surface area contributed by atoms with Crippen molar-refractivity contribution in [3.8, 4) is 0 Å². The van der Waals surface area contributed by atoms with Gasteiger partial charge in [0.15, 0.2) is 0 Å². The maximum Gasteiger partial charge on any atom is 0.0784 e. The molecule has 0 rings (SSSR count). The van der Waals surface area contributed by atoms with Crippen molar-refractivity contribution in [3.05, 3.63) is 11.3 Å². The number of aliphatic imine (C=N–C) groups is 1. The number of hydrogen-bond acceptors (Lipinski definition) is 3. The topological polar surface area (TPSA) is 62.2 Å². The Hall–Kier alpha value is -1.12. The van der Waals surface area contributed by atoms with Crippen LogP contribution in [0.25, 0.3) is 0 Å². The Kier molecular flexibility index (Phi) is 4.18. The fourth-order valence-electron chi connectivity index (χ4n) is 0.439. The van der Waals surface area contributed by atoms with Crippen LogP contribution in [0.5, 0.6) is 0 Å². The van der Waals surface area contributed by atoms with Crippen LogP contribution < -0.4 is 5.73 Å². The molecule has 0 aliphatic rings. The maximum absolute atomic E-state index is 7.04. The van der Waals surface area contributed by atoms with Crippen LogP contribution in [0.15, 0.2) is 16.3 Å². The Labute approximate surface area is 67.5 Å². The number of rotatable bonds is 3. The van der Waals surface area contributed by atoms with Gasteiger partial charge in [0.1, 0.15) is 0 Å². The number of nitrogens with one attached hydrogen (secondary N) is 1. The average Bonchev–Trinajstić information content (AvgIpc) is 1.86. The smallest absolute Gasteiger partial charge is 0.0784 e. The molecule has 0 aromatic heterocycles. The van der Waals surface area contributed by atoms with Crippen molar-refractivity contribution in [2.45, 2.75) is 20.8 Å². The van der Waals surface area contributed by atoms with E-state index in [1.165, 1.54) is 6.21 Å². The summed E-state index contributed by atoms with van der Waals surface area (Å²) in [7, 11) is 0. The molecule has 0 bridgehead atoms. The molecule has 0 aromatic carbocycles. The van der Waals surface area contributed by atoms with Gasteiger partial charge in [0, 0.05) is 17.6 Å². The first-order valence-electron chi connectivity index (χ1n) is 3.51. The zero-order chi connectivity index (χ0) is 8.85. The highest BCUT2D eigenvalue weighted by Gasteiger charge is 1.88. The van der Waals surface area contributed by atoms with E-state index >= 15 is 0 Å². The Morgan fingerprint density at radius 2 is 2.00 bits per heavy atom. The van der Waals surface area contributed by atoms with Crippen LogP contribution in [-0.2, 0) is 0 Å². The van der Waals surface area contributed by atoms with E-state index in [9.17, 15) is 0 Å². The summed E-state index contributed by atoms with van der Waals surface area (Å²) in [6.07, 6.45) is 1.51. The minimum atomic E-state index is 0.451. The van der Waals surface area contributed by atoms with Gasteiger partial charge in [-0.2, -0.15) is 0 Å². The molecule has 3 nitrogen and oxygen atoms in total. The molecule has 3 heteroatoms. The molecule has 0 amide bonds. The minimum Gasteiger partial charge on any atom is -0.401 e. The third kappa shape index (κ3) is 5.33. The van der Waals surface area contributed by atoms with E-state index in [2.05, 4.69) is 4.99 Å². The van der Waals surface area contributed by atoms with E-state index in [4.69, 9.17) is 11.1 Å². The molecule has 0 radical (unpaired) electrons. The summed E-state index contributed by atoms with van der Waals surface area (Å²) in [5.41, 5.74) is 7.92. The normalized spacial score (nSPS) is 10.1. The number of nitrogens with two attached hydrogens (primary N) is 1. The molecule has 0 aliphatic carbocycles. The van der Waals surface area contributed by atoms with Crippen LogP contribution in [0.2, 0.25) is 0 Å².